The Labute approximate surface area is 156 Å². The minimum absolute atomic E-state index is 0.142. The number of halogens is 2. The van der Waals surface area contributed by atoms with Crippen LogP contribution in [0.25, 0.3) is 10.6 Å². The molecule has 1 fully saturated rings. The number of carbonyl (C=O) groups excluding carboxylic acids is 1. The number of hydrogen-bond acceptors (Lipinski definition) is 4. The van der Waals surface area contributed by atoms with E-state index >= 15 is 0 Å². The lowest BCUT2D eigenvalue weighted by Crippen LogP contribution is -2.31. The van der Waals surface area contributed by atoms with Gasteiger partial charge in [-0.05, 0) is 58.0 Å². The van der Waals surface area contributed by atoms with Crippen molar-refractivity contribution in [3.05, 3.63) is 39.6 Å². The minimum Gasteiger partial charge on any atom is -0.351 e. The molecule has 2 heterocycles. The fourth-order valence-electron chi connectivity index (χ4n) is 3.16. The van der Waals surface area contributed by atoms with Crippen molar-refractivity contribution in [2.75, 3.05) is 20.1 Å². The third-order valence-corrected chi connectivity index (χ3v) is 6.02. The van der Waals surface area contributed by atoms with E-state index in [0.29, 0.717) is 38.8 Å². The molecule has 1 saturated heterocycles. The molecule has 1 amide bonds. The van der Waals surface area contributed by atoms with Crippen LogP contribution in [-0.2, 0) is 0 Å². The Kier molecular flexibility index (Phi) is 5.71. The zero-order valence-corrected chi connectivity index (χ0v) is 15.9. The van der Waals surface area contributed by atoms with E-state index < -0.39 is 5.82 Å². The monoisotopic (exact) mass is 381 g/mol. The number of hydrogen-bond donors (Lipinski definition) is 1. The molecule has 0 bridgehead atoms. The second-order valence-corrected chi connectivity index (χ2v) is 7.81. The third kappa shape index (κ3) is 4.19. The summed E-state index contributed by atoms with van der Waals surface area (Å²) in [5.74, 6) is -0.575. The molecule has 1 unspecified atom stereocenters. The van der Waals surface area contributed by atoms with Gasteiger partial charge in [-0.2, -0.15) is 0 Å². The smallest absolute Gasteiger partial charge is 0.263 e. The van der Waals surface area contributed by atoms with Crippen LogP contribution in [0.4, 0.5) is 4.39 Å². The fourth-order valence-corrected chi connectivity index (χ4v) is 4.33. The maximum Gasteiger partial charge on any atom is 0.263 e. The second kappa shape index (κ2) is 7.81. The van der Waals surface area contributed by atoms with E-state index in [4.69, 9.17) is 11.6 Å². The van der Waals surface area contributed by atoms with E-state index in [0.717, 1.165) is 13.0 Å². The van der Waals surface area contributed by atoms with Crippen molar-refractivity contribution in [2.24, 2.45) is 0 Å². The molecule has 1 N–H and O–H groups in total. The summed E-state index contributed by atoms with van der Waals surface area (Å²) >= 11 is 7.00. The summed E-state index contributed by atoms with van der Waals surface area (Å²) in [5, 5.41) is 3.80. The number of amides is 1. The van der Waals surface area contributed by atoms with Gasteiger partial charge in [-0.25, -0.2) is 9.37 Å². The van der Waals surface area contributed by atoms with Crippen molar-refractivity contribution < 1.29 is 9.18 Å². The van der Waals surface area contributed by atoms with Crippen molar-refractivity contribution in [3.63, 3.8) is 0 Å². The molecule has 2 aromatic rings. The van der Waals surface area contributed by atoms with Gasteiger partial charge < -0.3 is 10.2 Å². The number of nitrogens with zero attached hydrogens (tertiary/aromatic N) is 2. The van der Waals surface area contributed by atoms with Crippen molar-refractivity contribution in [1.29, 1.82) is 0 Å². The highest BCUT2D eigenvalue weighted by Crippen LogP contribution is 2.31. The zero-order valence-electron chi connectivity index (χ0n) is 14.3. The first-order valence-corrected chi connectivity index (χ1v) is 9.56. The molecule has 1 aliphatic heterocycles. The third-order valence-electron chi connectivity index (χ3n) is 4.60. The van der Waals surface area contributed by atoms with Gasteiger partial charge in [-0.3, -0.25) is 4.79 Å². The normalized spacial score (nSPS) is 17.8. The molecule has 0 spiro atoms. The lowest BCUT2D eigenvalue weighted by Gasteiger charge is -2.19. The van der Waals surface area contributed by atoms with Crippen LogP contribution >= 0.6 is 22.9 Å². The van der Waals surface area contributed by atoms with Gasteiger partial charge in [0, 0.05) is 23.2 Å². The van der Waals surface area contributed by atoms with Gasteiger partial charge >= 0.3 is 0 Å². The highest BCUT2D eigenvalue weighted by Gasteiger charge is 2.22. The topological polar surface area (TPSA) is 45.2 Å². The van der Waals surface area contributed by atoms with Crippen LogP contribution in [-0.4, -0.2) is 42.0 Å². The predicted molar refractivity (Wildman–Crippen MR) is 99.9 cm³/mol. The Morgan fingerprint density at radius 3 is 3.00 bits per heavy atom. The van der Waals surface area contributed by atoms with E-state index in [-0.39, 0.29) is 5.91 Å². The largest absolute Gasteiger partial charge is 0.351 e. The molecular weight excluding hydrogens is 361 g/mol. The Bertz CT molecular complexity index is 780. The van der Waals surface area contributed by atoms with Crippen LogP contribution in [0.2, 0.25) is 5.02 Å². The molecular formula is C18H21ClFN3OS. The highest BCUT2D eigenvalue weighted by molar-refractivity contribution is 7.17. The van der Waals surface area contributed by atoms with Crippen molar-refractivity contribution in [2.45, 2.75) is 32.2 Å². The Morgan fingerprint density at radius 2 is 2.32 bits per heavy atom. The van der Waals surface area contributed by atoms with Gasteiger partial charge in [0.2, 0.25) is 0 Å². The number of aromatic nitrogens is 1. The summed E-state index contributed by atoms with van der Waals surface area (Å²) in [6.45, 7) is 3.53. The molecule has 4 nitrogen and oxygen atoms in total. The Hall–Kier alpha value is -1.50. The average molecular weight is 382 g/mol. The second-order valence-electron chi connectivity index (χ2n) is 6.38. The average Bonchev–Trinajstić information content (AvgIpc) is 3.13. The number of thiazole rings is 1. The molecule has 1 aliphatic rings. The van der Waals surface area contributed by atoms with E-state index in [1.54, 1.807) is 19.1 Å². The summed E-state index contributed by atoms with van der Waals surface area (Å²) in [5.41, 5.74) is 0.981. The van der Waals surface area contributed by atoms with Crippen molar-refractivity contribution >= 4 is 28.8 Å². The Balaban J connectivity index is 1.66. The highest BCUT2D eigenvalue weighted by atomic mass is 35.5. The van der Waals surface area contributed by atoms with Crippen molar-refractivity contribution in [1.82, 2.24) is 15.2 Å². The van der Waals surface area contributed by atoms with E-state index in [1.165, 1.54) is 30.2 Å². The summed E-state index contributed by atoms with van der Waals surface area (Å²) in [7, 11) is 2.12. The quantitative estimate of drug-likeness (QED) is 0.847. The number of aryl methyl sites for hydroxylation is 1. The molecule has 134 valence electrons. The van der Waals surface area contributed by atoms with Gasteiger partial charge in [0.1, 0.15) is 15.7 Å². The SMILES string of the molecule is Cc1nc(-c2ccc(Cl)cc2F)sc1C(=O)NCCC1CCCN1C. The number of carbonyl (C=O) groups is 1. The minimum atomic E-state index is -0.433. The number of rotatable bonds is 5. The Morgan fingerprint density at radius 1 is 1.52 bits per heavy atom. The fraction of sp³-hybridized carbons (Fsp3) is 0.444. The molecule has 25 heavy (non-hydrogen) atoms. The van der Waals surface area contributed by atoms with Gasteiger partial charge in [0.25, 0.3) is 5.91 Å². The summed E-state index contributed by atoms with van der Waals surface area (Å²) < 4.78 is 14.1. The molecule has 1 aromatic carbocycles. The summed E-state index contributed by atoms with van der Waals surface area (Å²) in [4.78, 5) is 19.7. The van der Waals surface area contributed by atoms with Gasteiger partial charge in [0.15, 0.2) is 0 Å². The van der Waals surface area contributed by atoms with Gasteiger partial charge in [-0.15, -0.1) is 11.3 Å². The van der Waals surface area contributed by atoms with Crippen LogP contribution in [0.3, 0.4) is 0 Å². The van der Waals surface area contributed by atoms with Crippen LogP contribution in [0.5, 0.6) is 0 Å². The molecule has 0 aliphatic carbocycles. The zero-order chi connectivity index (χ0) is 18.0. The van der Waals surface area contributed by atoms with Gasteiger partial charge in [-0.1, -0.05) is 11.6 Å². The van der Waals surface area contributed by atoms with E-state index in [2.05, 4.69) is 22.2 Å². The molecule has 0 saturated carbocycles. The molecule has 7 heteroatoms. The maximum atomic E-state index is 14.1. The molecule has 1 atom stereocenters. The van der Waals surface area contributed by atoms with E-state index in [9.17, 15) is 9.18 Å². The first kappa shape index (κ1) is 18.3. The maximum absolute atomic E-state index is 14.1. The number of benzene rings is 1. The molecule has 0 radical (unpaired) electrons. The van der Waals surface area contributed by atoms with Crippen LogP contribution < -0.4 is 5.32 Å². The lowest BCUT2D eigenvalue weighted by atomic mass is 10.1. The summed E-state index contributed by atoms with van der Waals surface area (Å²) in [6.07, 6.45) is 3.35. The lowest BCUT2D eigenvalue weighted by molar-refractivity contribution is 0.0953. The summed E-state index contributed by atoms with van der Waals surface area (Å²) in [6, 6.07) is 5.01. The number of likely N-dealkylation sites (tertiary alicyclic amines) is 1. The first-order valence-electron chi connectivity index (χ1n) is 8.37. The first-order chi connectivity index (χ1) is 12.0. The van der Waals surface area contributed by atoms with Crippen molar-refractivity contribution in [3.8, 4) is 10.6 Å². The van der Waals surface area contributed by atoms with Crippen LogP contribution in [0.15, 0.2) is 18.2 Å². The predicted octanol–water partition coefficient (Wildman–Crippen LogP) is 4.13. The van der Waals surface area contributed by atoms with E-state index in [1.807, 2.05) is 0 Å². The van der Waals surface area contributed by atoms with Gasteiger partial charge in [0.05, 0.1) is 5.69 Å². The molecule has 1 aromatic heterocycles. The van der Waals surface area contributed by atoms with Crippen LogP contribution in [0.1, 0.15) is 34.6 Å². The standard InChI is InChI=1S/C18H21ClFN3OS/c1-11-16(17(24)21-8-7-13-4-3-9-23(13)2)25-18(22-11)14-6-5-12(19)10-15(14)20/h5-6,10,13H,3-4,7-9H2,1-2H3,(H,21,24). The number of nitrogens with one attached hydrogen (secondary N) is 1. The van der Waals surface area contributed by atoms with Crippen LogP contribution in [0, 0.1) is 12.7 Å². The molecule has 3 rings (SSSR count).